The fourth-order valence-electron chi connectivity index (χ4n) is 4.81. The Morgan fingerprint density at radius 1 is 0.559 bits per heavy atom. The molecule has 0 spiro atoms. The number of hydrogen-bond donors (Lipinski definition) is 2. The first-order chi connectivity index (χ1) is 16.6. The molecule has 0 amide bonds. The Hall–Kier alpha value is -1.84. The van der Waals surface area contributed by atoms with Gasteiger partial charge in [-0.1, -0.05) is 141 Å². The van der Waals surface area contributed by atoms with Crippen molar-refractivity contribution < 1.29 is 19.8 Å². The summed E-state index contributed by atoms with van der Waals surface area (Å²) in [6.07, 6.45) is 27.3. The molecule has 0 radical (unpaired) electrons. The third-order valence-electron chi connectivity index (χ3n) is 6.89. The molecule has 0 heterocycles. The lowest BCUT2D eigenvalue weighted by atomic mass is 9.96. The van der Waals surface area contributed by atoms with Gasteiger partial charge in [0, 0.05) is 0 Å². The van der Waals surface area contributed by atoms with Crippen LogP contribution in [0.4, 0.5) is 0 Å². The van der Waals surface area contributed by atoms with E-state index in [9.17, 15) is 19.8 Å². The topological polar surface area (TPSA) is 74.6 Å². The largest absolute Gasteiger partial charge is 0.478 e. The molecule has 0 fully saturated rings. The molecule has 0 saturated carbocycles. The van der Waals surface area contributed by atoms with Gasteiger partial charge in [0.05, 0.1) is 11.1 Å². The highest BCUT2D eigenvalue weighted by molar-refractivity contribution is 6.02. The van der Waals surface area contributed by atoms with Crippen LogP contribution in [-0.2, 0) is 6.42 Å². The zero-order valence-corrected chi connectivity index (χ0v) is 21.8. The summed E-state index contributed by atoms with van der Waals surface area (Å²) in [5.74, 6) is -2.33. The molecule has 1 aromatic carbocycles. The van der Waals surface area contributed by atoms with Crippen molar-refractivity contribution in [1.29, 1.82) is 0 Å². The van der Waals surface area contributed by atoms with E-state index in [1.54, 1.807) is 12.1 Å². The summed E-state index contributed by atoms with van der Waals surface area (Å²) in [5.41, 5.74) is 0.473. The molecule has 1 rings (SSSR count). The minimum absolute atomic E-state index is 0.0483. The summed E-state index contributed by atoms with van der Waals surface area (Å²) >= 11 is 0. The minimum atomic E-state index is -1.18. The molecular formula is C30H50O4. The molecule has 2 N–H and O–H groups in total. The van der Waals surface area contributed by atoms with Gasteiger partial charge in [0.1, 0.15) is 0 Å². The maximum atomic E-state index is 11.5. The smallest absolute Gasteiger partial charge is 0.336 e. The minimum Gasteiger partial charge on any atom is -0.478 e. The second-order valence-electron chi connectivity index (χ2n) is 9.92. The summed E-state index contributed by atoms with van der Waals surface area (Å²) in [5, 5.41) is 18.6. The third-order valence-corrected chi connectivity index (χ3v) is 6.89. The fraction of sp³-hybridized carbons (Fsp3) is 0.733. The van der Waals surface area contributed by atoms with Crippen LogP contribution in [0.1, 0.15) is 162 Å². The van der Waals surface area contributed by atoms with Gasteiger partial charge < -0.3 is 10.2 Å². The molecule has 1 aromatic rings. The fourth-order valence-corrected chi connectivity index (χ4v) is 4.81. The quantitative estimate of drug-likeness (QED) is 0.155. The summed E-state index contributed by atoms with van der Waals surface area (Å²) in [4.78, 5) is 22.8. The third kappa shape index (κ3) is 14.4. The van der Waals surface area contributed by atoms with Gasteiger partial charge in [0.2, 0.25) is 0 Å². The van der Waals surface area contributed by atoms with Crippen LogP contribution in [-0.4, -0.2) is 22.2 Å². The van der Waals surface area contributed by atoms with E-state index < -0.39 is 11.9 Å². The Morgan fingerprint density at radius 3 is 1.29 bits per heavy atom. The van der Waals surface area contributed by atoms with Gasteiger partial charge in [0.15, 0.2) is 0 Å². The molecule has 0 aliphatic rings. The Bertz CT molecular complexity index is 668. The number of hydrogen-bond acceptors (Lipinski definition) is 2. The van der Waals surface area contributed by atoms with Gasteiger partial charge in [0.25, 0.3) is 0 Å². The molecule has 4 heteroatoms. The van der Waals surface area contributed by atoms with Crippen LogP contribution >= 0.6 is 0 Å². The summed E-state index contributed by atoms with van der Waals surface area (Å²) in [6.45, 7) is 2.28. The van der Waals surface area contributed by atoms with E-state index >= 15 is 0 Å². The van der Waals surface area contributed by atoms with Crippen molar-refractivity contribution in [1.82, 2.24) is 0 Å². The normalized spacial score (nSPS) is 11.1. The number of benzene rings is 1. The molecule has 0 unspecified atom stereocenters. The first-order valence-electron chi connectivity index (χ1n) is 14.2. The molecular weight excluding hydrogens is 424 g/mol. The SMILES string of the molecule is CCCCCCCCCCCCCCCCCCCCCCc1cccc(C(=O)O)c1C(=O)O. The van der Waals surface area contributed by atoms with Gasteiger partial charge in [-0.15, -0.1) is 0 Å². The number of aromatic carboxylic acids is 2. The molecule has 34 heavy (non-hydrogen) atoms. The predicted octanol–water partition coefficient (Wildman–Crippen LogP) is 9.45. The maximum absolute atomic E-state index is 11.5. The van der Waals surface area contributed by atoms with Crippen molar-refractivity contribution in [3.05, 3.63) is 34.9 Å². The Morgan fingerprint density at radius 2 is 0.941 bits per heavy atom. The highest BCUT2D eigenvalue weighted by atomic mass is 16.4. The van der Waals surface area contributed by atoms with E-state index in [4.69, 9.17) is 0 Å². The molecule has 0 bridgehead atoms. The van der Waals surface area contributed by atoms with Crippen LogP contribution in [0.5, 0.6) is 0 Å². The zero-order chi connectivity index (χ0) is 24.9. The highest BCUT2D eigenvalue weighted by Crippen LogP contribution is 2.19. The monoisotopic (exact) mass is 474 g/mol. The van der Waals surface area contributed by atoms with Gasteiger partial charge in [-0.2, -0.15) is 0 Å². The van der Waals surface area contributed by atoms with Crippen molar-refractivity contribution >= 4 is 11.9 Å². The van der Waals surface area contributed by atoms with Gasteiger partial charge >= 0.3 is 11.9 Å². The number of carbonyl (C=O) groups is 2. The van der Waals surface area contributed by atoms with Crippen LogP contribution in [0.2, 0.25) is 0 Å². The van der Waals surface area contributed by atoms with Gasteiger partial charge in [-0.3, -0.25) is 0 Å². The summed E-state index contributed by atoms with van der Waals surface area (Å²) in [6, 6.07) is 4.75. The van der Waals surface area contributed by atoms with Crippen molar-refractivity contribution in [3.8, 4) is 0 Å². The standard InChI is InChI=1S/C30H50O4/c1-2-3-4-5-6-7-8-9-10-11-12-13-14-15-16-17-18-19-20-21-23-26-24-22-25-27(29(31)32)28(26)30(33)34/h22,24-25H,2-21,23H2,1H3,(H,31,32)(H,33,34). The van der Waals surface area contributed by atoms with Crippen LogP contribution in [0.25, 0.3) is 0 Å². The first kappa shape index (κ1) is 30.2. The maximum Gasteiger partial charge on any atom is 0.336 e. The molecule has 0 atom stereocenters. The van der Waals surface area contributed by atoms with Crippen molar-refractivity contribution in [2.45, 2.75) is 142 Å². The van der Waals surface area contributed by atoms with E-state index in [0.717, 1.165) is 12.8 Å². The van der Waals surface area contributed by atoms with Crippen LogP contribution in [0.15, 0.2) is 18.2 Å². The van der Waals surface area contributed by atoms with E-state index in [1.807, 2.05) is 0 Å². The second kappa shape index (κ2) is 20.5. The molecule has 4 nitrogen and oxygen atoms in total. The van der Waals surface area contributed by atoms with E-state index in [1.165, 1.54) is 122 Å². The Balaban J connectivity index is 1.92. The Labute approximate surface area is 208 Å². The average molecular weight is 475 g/mol. The molecule has 194 valence electrons. The van der Waals surface area contributed by atoms with E-state index in [0.29, 0.717) is 12.0 Å². The average Bonchev–Trinajstić information content (AvgIpc) is 2.82. The van der Waals surface area contributed by atoms with E-state index in [-0.39, 0.29) is 11.1 Å². The second-order valence-corrected chi connectivity index (χ2v) is 9.92. The molecule has 0 aliphatic heterocycles. The lowest BCUT2D eigenvalue weighted by Crippen LogP contribution is -2.11. The molecule has 0 saturated heterocycles. The lowest BCUT2D eigenvalue weighted by Gasteiger charge is -2.09. The van der Waals surface area contributed by atoms with Crippen molar-refractivity contribution in [2.75, 3.05) is 0 Å². The Kier molecular flexibility index (Phi) is 18.2. The zero-order valence-electron chi connectivity index (χ0n) is 21.8. The van der Waals surface area contributed by atoms with Crippen LogP contribution in [0.3, 0.4) is 0 Å². The van der Waals surface area contributed by atoms with Crippen molar-refractivity contribution in [2.24, 2.45) is 0 Å². The molecule has 0 aromatic heterocycles. The number of aryl methyl sites for hydroxylation is 1. The summed E-state index contributed by atoms with van der Waals surface area (Å²) < 4.78 is 0. The lowest BCUT2D eigenvalue weighted by molar-refractivity contribution is 0.0650. The van der Waals surface area contributed by atoms with Crippen LogP contribution in [0, 0.1) is 0 Å². The number of unbranched alkanes of at least 4 members (excludes halogenated alkanes) is 19. The number of carboxylic acid groups (broad SMARTS) is 2. The van der Waals surface area contributed by atoms with E-state index in [2.05, 4.69) is 6.92 Å². The highest BCUT2D eigenvalue weighted by Gasteiger charge is 2.19. The summed E-state index contributed by atoms with van der Waals surface area (Å²) in [7, 11) is 0. The predicted molar refractivity (Wildman–Crippen MR) is 142 cm³/mol. The van der Waals surface area contributed by atoms with Gasteiger partial charge in [-0.05, 0) is 24.5 Å². The number of carboxylic acids is 2. The molecule has 0 aliphatic carbocycles. The van der Waals surface area contributed by atoms with Gasteiger partial charge in [-0.25, -0.2) is 9.59 Å². The number of rotatable bonds is 23. The first-order valence-corrected chi connectivity index (χ1v) is 14.2. The van der Waals surface area contributed by atoms with Crippen LogP contribution < -0.4 is 0 Å². The van der Waals surface area contributed by atoms with Crippen molar-refractivity contribution in [3.63, 3.8) is 0 Å².